The van der Waals surface area contributed by atoms with Crippen molar-refractivity contribution in [2.45, 2.75) is 13.0 Å². The maximum absolute atomic E-state index is 13.5. The van der Waals surface area contributed by atoms with Crippen LogP contribution < -0.4 is 9.64 Å². The molecule has 0 saturated carbocycles. The second-order valence-corrected chi connectivity index (χ2v) is 9.37. The molecule has 0 saturated heterocycles. The Morgan fingerprint density at radius 1 is 1.25 bits per heavy atom. The van der Waals surface area contributed by atoms with Crippen LogP contribution in [0.15, 0.2) is 53.5 Å². The minimum absolute atomic E-state index is 0. The maximum atomic E-state index is 13.5. The number of fused-ring (bicyclic) bond motifs is 1. The molecule has 32 heavy (non-hydrogen) atoms. The fourth-order valence-electron chi connectivity index (χ4n) is 3.14. The molecule has 2 aromatic heterocycles. The Bertz CT molecular complexity index is 1230. The molecule has 0 fully saturated rings. The number of ether oxygens (including phenoxy) is 1. The SMILES string of the molecule is COc1ccc(Cl)c2sc(N(CCCn3ccnc3)C(=O)c3cc(Br)ccc3Cl)nc12.Cl. The summed E-state index contributed by atoms with van der Waals surface area (Å²) in [6, 6.07) is 8.74. The molecule has 2 aromatic carbocycles. The van der Waals surface area contributed by atoms with Gasteiger partial charge in [-0.25, -0.2) is 9.97 Å². The van der Waals surface area contributed by atoms with Crippen LogP contribution in [0.4, 0.5) is 5.13 Å². The zero-order valence-corrected chi connectivity index (χ0v) is 21.5. The lowest BCUT2D eigenvalue weighted by Crippen LogP contribution is -2.32. The third kappa shape index (κ3) is 5.21. The summed E-state index contributed by atoms with van der Waals surface area (Å²) in [5.74, 6) is 0.374. The van der Waals surface area contributed by atoms with Crippen LogP contribution >= 0.6 is 62.9 Å². The third-order valence-electron chi connectivity index (χ3n) is 4.66. The molecule has 0 unspecified atom stereocenters. The molecule has 2 heterocycles. The standard InChI is InChI=1S/C21H17BrCl2N4O2S.ClH/c1-30-17-6-5-16(24)19-18(17)26-21(31-19)28(9-2-8-27-10-7-25-12-27)20(29)14-11-13(22)3-4-15(14)23;/h3-7,10-12H,2,8-9H2,1H3;1H. The number of anilines is 1. The fraction of sp³-hybridized carbons (Fsp3) is 0.190. The molecule has 0 aliphatic carbocycles. The number of carbonyl (C=O) groups excluding carboxylic acids is 1. The number of amides is 1. The van der Waals surface area contributed by atoms with Gasteiger partial charge in [0.25, 0.3) is 5.91 Å². The van der Waals surface area contributed by atoms with Gasteiger partial charge in [-0.3, -0.25) is 9.69 Å². The van der Waals surface area contributed by atoms with Gasteiger partial charge in [0, 0.05) is 30.0 Å². The lowest BCUT2D eigenvalue weighted by molar-refractivity contribution is 0.0986. The first-order valence-corrected chi connectivity index (χ1v) is 11.7. The van der Waals surface area contributed by atoms with E-state index in [0.29, 0.717) is 51.5 Å². The lowest BCUT2D eigenvalue weighted by atomic mass is 10.2. The molecule has 4 rings (SSSR count). The molecule has 0 N–H and O–H groups in total. The lowest BCUT2D eigenvalue weighted by Gasteiger charge is -2.21. The van der Waals surface area contributed by atoms with E-state index in [4.69, 9.17) is 32.9 Å². The number of methoxy groups -OCH3 is 1. The third-order valence-corrected chi connectivity index (χ3v) is 7.02. The van der Waals surface area contributed by atoms with E-state index in [2.05, 4.69) is 20.9 Å². The van der Waals surface area contributed by atoms with E-state index in [9.17, 15) is 4.79 Å². The van der Waals surface area contributed by atoms with Crippen molar-refractivity contribution < 1.29 is 9.53 Å². The Balaban J connectivity index is 0.00000289. The Morgan fingerprint density at radius 3 is 2.75 bits per heavy atom. The Hall–Kier alpha value is -1.84. The first kappa shape index (κ1) is 24.8. The minimum Gasteiger partial charge on any atom is -0.494 e. The van der Waals surface area contributed by atoms with Crippen LogP contribution in [-0.4, -0.2) is 34.1 Å². The number of hydrogen-bond acceptors (Lipinski definition) is 5. The molecule has 0 bridgehead atoms. The Morgan fingerprint density at radius 2 is 2.03 bits per heavy atom. The number of benzene rings is 2. The molecule has 4 aromatic rings. The summed E-state index contributed by atoms with van der Waals surface area (Å²) >= 11 is 17.5. The van der Waals surface area contributed by atoms with Crippen molar-refractivity contribution in [1.29, 1.82) is 0 Å². The number of nitrogens with zero attached hydrogens (tertiary/aromatic N) is 4. The van der Waals surface area contributed by atoms with E-state index in [0.717, 1.165) is 9.17 Å². The summed E-state index contributed by atoms with van der Waals surface area (Å²) in [6.45, 7) is 1.16. The summed E-state index contributed by atoms with van der Waals surface area (Å²) in [5.41, 5.74) is 1.03. The smallest absolute Gasteiger partial charge is 0.261 e. The predicted octanol–water partition coefficient (Wildman–Crippen LogP) is 6.73. The van der Waals surface area contributed by atoms with Crippen molar-refractivity contribution in [3.8, 4) is 5.75 Å². The van der Waals surface area contributed by atoms with Gasteiger partial charge in [0.1, 0.15) is 11.3 Å². The first-order valence-electron chi connectivity index (χ1n) is 9.33. The summed E-state index contributed by atoms with van der Waals surface area (Å²) in [7, 11) is 1.58. The van der Waals surface area contributed by atoms with Gasteiger partial charge < -0.3 is 9.30 Å². The molecule has 11 heteroatoms. The number of thiazole rings is 1. The molecule has 0 atom stereocenters. The van der Waals surface area contributed by atoms with Crippen molar-refractivity contribution >= 4 is 84.1 Å². The van der Waals surface area contributed by atoms with Crippen LogP contribution in [0, 0.1) is 0 Å². The van der Waals surface area contributed by atoms with Gasteiger partial charge >= 0.3 is 0 Å². The van der Waals surface area contributed by atoms with Gasteiger partial charge in [-0.2, -0.15) is 0 Å². The minimum atomic E-state index is -0.230. The number of hydrogen-bond donors (Lipinski definition) is 0. The Labute approximate surface area is 213 Å². The molecular weight excluding hydrogens is 559 g/mol. The molecular formula is C21H18BrCl3N4O2S. The highest BCUT2D eigenvalue weighted by atomic mass is 79.9. The number of imidazole rings is 1. The largest absolute Gasteiger partial charge is 0.494 e. The van der Waals surface area contributed by atoms with Crippen LogP contribution in [-0.2, 0) is 6.54 Å². The number of halogens is 4. The van der Waals surface area contributed by atoms with E-state index < -0.39 is 0 Å². The van der Waals surface area contributed by atoms with Crippen molar-refractivity contribution in [3.05, 3.63) is 69.1 Å². The highest BCUT2D eigenvalue weighted by molar-refractivity contribution is 9.10. The summed E-state index contributed by atoms with van der Waals surface area (Å²) in [6.07, 6.45) is 6.07. The van der Waals surface area contributed by atoms with Crippen molar-refractivity contribution in [1.82, 2.24) is 14.5 Å². The van der Waals surface area contributed by atoms with E-state index >= 15 is 0 Å². The number of aryl methyl sites for hydroxylation is 1. The Kier molecular flexibility index (Phi) is 8.41. The van der Waals surface area contributed by atoms with Crippen LogP contribution in [0.5, 0.6) is 5.75 Å². The van der Waals surface area contributed by atoms with Crippen LogP contribution in [0.1, 0.15) is 16.8 Å². The van der Waals surface area contributed by atoms with Crippen molar-refractivity contribution in [2.24, 2.45) is 0 Å². The highest BCUT2D eigenvalue weighted by Crippen LogP contribution is 2.39. The maximum Gasteiger partial charge on any atom is 0.261 e. The fourth-order valence-corrected chi connectivity index (χ4v) is 4.98. The predicted molar refractivity (Wildman–Crippen MR) is 136 cm³/mol. The van der Waals surface area contributed by atoms with Crippen molar-refractivity contribution in [2.75, 3.05) is 18.6 Å². The molecule has 0 aliphatic rings. The topological polar surface area (TPSA) is 60.2 Å². The zero-order valence-electron chi connectivity index (χ0n) is 16.8. The first-order chi connectivity index (χ1) is 15.0. The summed E-state index contributed by atoms with van der Waals surface area (Å²) < 4.78 is 8.93. The zero-order chi connectivity index (χ0) is 22.0. The van der Waals surface area contributed by atoms with Gasteiger partial charge in [0.15, 0.2) is 5.13 Å². The molecule has 6 nitrogen and oxygen atoms in total. The number of carbonyl (C=O) groups is 1. The average molecular weight is 577 g/mol. The quantitative estimate of drug-likeness (QED) is 0.245. The summed E-state index contributed by atoms with van der Waals surface area (Å²) in [5, 5.41) is 1.48. The monoisotopic (exact) mass is 574 g/mol. The molecule has 0 radical (unpaired) electrons. The molecule has 0 spiro atoms. The molecule has 168 valence electrons. The van der Waals surface area contributed by atoms with Gasteiger partial charge in [-0.1, -0.05) is 50.5 Å². The highest BCUT2D eigenvalue weighted by Gasteiger charge is 2.24. The van der Waals surface area contributed by atoms with Gasteiger partial charge in [-0.15, -0.1) is 12.4 Å². The number of aromatic nitrogens is 3. The number of rotatable bonds is 7. The van der Waals surface area contributed by atoms with Gasteiger partial charge in [0.05, 0.1) is 33.7 Å². The normalized spacial score (nSPS) is 10.8. The summed E-state index contributed by atoms with van der Waals surface area (Å²) in [4.78, 5) is 23.9. The van der Waals surface area contributed by atoms with Crippen molar-refractivity contribution in [3.63, 3.8) is 0 Å². The van der Waals surface area contributed by atoms with E-state index in [-0.39, 0.29) is 18.3 Å². The van der Waals surface area contributed by atoms with E-state index in [1.807, 2.05) is 10.8 Å². The molecule has 1 amide bonds. The average Bonchev–Trinajstić information content (AvgIpc) is 3.43. The van der Waals surface area contributed by atoms with Crippen LogP contribution in [0.2, 0.25) is 10.0 Å². The van der Waals surface area contributed by atoms with E-state index in [1.165, 1.54) is 11.3 Å². The van der Waals surface area contributed by atoms with Crippen LogP contribution in [0.3, 0.4) is 0 Å². The van der Waals surface area contributed by atoms with E-state index in [1.54, 1.807) is 54.9 Å². The second-order valence-electron chi connectivity index (χ2n) is 6.66. The van der Waals surface area contributed by atoms with Crippen LogP contribution in [0.25, 0.3) is 10.2 Å². The molecule has 0 aliphatic heterocycles. The van der Waals surface area contributed by atoms with Gasteiger partial charge in [0.2, 0.25) is 0 Å². The second kappa shape index (κ2) is 10.9. The van der Waals surface area contributed by atoms with Gasteiger partial charge in [-0.05, 0) is 36.8 Å².